The second-order valence-electron chi connectivity index (χ2n) is 6.13. The van der Waals surface area contributed by atoms with Crippen molar-refractivity contribution in [2.75, 3.05) is 6.61 Å². The Balaban J connectivity index is 1.90. The zero-order valence-electron chi connectivity index (χ0n) is 13.1. The lowest BCUT2D eigenvalue weighted by Gasteiger charge is -2.21. The predicted molar refractivity (Wildman–Crippen MR) is 86.5 cm³/mol. The maximum atomic E-state index is 5.93. The number of benzene rings is 1. The highest BCUT2D eigenvalue weighted by Crippen LogP contribution is 2.19. The van der Waals surface area contributed by atoms with E-state index in [0.717, 1.165) is 24.4 Å². The number of nitrogens with one attached hydrogen (secondary N) is 1. The lowest BCUT2D eigenvalue weighted by molar-refractivity contribution is 0.314. The molecule has 0 amide bonds. The number of nitrogens with zero attached hydrogens (tertiary/aromatic N) is 1. The molecule has 3 heteroatoms. The van der Waals surface area contributed by atoms with Crippen LogP contribution in [0.15, 0.2) is 48.7 Å². The molecule has 0 aliphatic rings. The first-order valence-corrected chi connectivity index (χ1v) is 7.40. The highest BCUT2D eigenvalue weighted by Gasteiger charge is 2.10. The molecule has 1 aromatic heterocycles. The number of ether oxygens (including phenoxy) is 1. The molecule has 3 nitrogen and oxygen atoms in total. The van der Waals surface area contributed by atoms with Crippen molar-refractivity contribution in [1.82, 2.24) is 10.3 Å². The molecule has 2 aromatic rings. The van der Waals surface area contributed by atoms with Gasteiger partial charge in [0, 0.05) is 36.0 Å². The summed E-state index contributed by atoms with van der Waals surface area (Å²) in [6, 6.07) is 14.1. The van der Waals surface area contributed by atoms with E-state index in [1.54, 1.807) is 0 Å². The van der Waals surface area contributed by atoms with Gasteiger partial charge in [-0.05, 0) is 39.0 Å². The molecule has 0 aliphatic carbocycles. The van der Waals surface area contributed by atoms with E-state index in [9.17, 15) is 0 Å². The SMILES string of the molecule is CC(C)(C)NCc1ccccc1OCCc1ccccn1. The van der Waals surface area contributed by atoms with E-state index in [2.05, 4.69) is 37.1 Å². The minimum Gasteiger partial charge on any atom is -0.493 e. The molecule has 21 heavy (non-hydrogen) atoms. The van der Waals surface area contributed by atoms with Crippen LogP contribution in [0.3, 0.4) is 0 Å². The quantitative estimate of drug-likeness (QED) is 0.880. The van der Waals surface area contributed by atoms with Gasteiger partial charge in [0.05, 0.1) is 6.61 Å². The molecule has 0 unspecified atom stereocenters. The van der Waals surface area contributed by atoms with Crippen molar-refractivity contribution >= 4 is 0 Å². The molecule has 0 saturated carbocycles. The largest absolute Gasteiger partial charge is 0.493 e. The zero-order valence-corrected chi connectivity index (χ0v) is 13.1. The average molecular weight is 284 g/mol. The maximum absolute atomic E-state index is 5.93. The van der Waals surface area contributed by atoms with E-state index >= 15 is 0 Å². The smallest absolute Gasteiger partial charge is 0.123 e. The first-order valence-electron chi connectivity index (χ1n) is 7.40. The summed E-state index contributed by atoms with van der Waals surface area (Å²) in [7, 11) is 0. The number of hydrogen-bond acceptors (Lipinski definition) is 3. The molecule has 0 aliphatic heterocycles. The van der Waals surface area contributed by atoms with Gasteiger partial charge >= 0.3 is 0 Å². The average Bonchev–Trinajstić information content (AvgIpc) is 2.46. The van der Waals surface area contributed by atoms with E-state index in [-0.39, 0.29) is 5.54 Å². The van der Waals surface area contributed by atoms with E-state index in [1.165, 1.54) is 5.56 Å². The summed E-state index contributed by atoms with van der Waals surface area (Å²) in [4.78, 5) is 4.31. The predicted octanol–water partition coefficient (Wildman–Crippen LogP) is 3.59. The van der Waals surface area contributed by atoms with Crippen LogP contribution in [-0.4, -0.2) is 17.1 Å². The molecule has 0 spiro atoms. The summed E-state index contributed by atoms with van der Waals surface area (Å²) < 4.78 is 5.93. The molecular weight excluding hydrogens is 260 g/mol. The Morgan fingerprint density at radius 1 is 1.05 bits per heavy atom. The van der Waals surface area contributed by atoms with Gasteiger partial charge in [-0.15, -0.1) is 0 Å². The van der Waals surface area contributed by atoms with Crippen molar-refractivity contribution < 1.29 is 4.74 Å². The Morgan fingerprint density at radius 3 is 2.52 bits per heavy atom. The fourth-order valence-electron chi connectivity index (χ4n) is 1.96. The van der Waals surface area contributed by atoms with Crippen LogP contribution >= 0.6 is 0 Å². The van der Waals surface area contributed by atoms with Crippen LogP contribution in [0.5, 0.6) is 5.75 Å². The number of pyridine rings is 1. The van der Waals surface area contributed by atoms with Crippen molar-refractivity contribution in [1.29, 1.82) is 0 Å². The number of hydrogen-bond donors (Lipinski definition) is 1. The summed E-state index contributed by atoms with van der Waals surface area (Å²) in [6.45, 7) is 7.94. The Kier molecular flexibility index (Phi) is 5.34. The van der Waals surface area contributed by atoms with Gasteiger partial charge < -0.3 is 10.1 Å². The van der Waals surface area contributed by atoms with Gasteiger partial charge in [-0.3, -0.25) is 4.98 Å². The van der Waals surface area contributed by atoms with E-state index < -0.39 is 0 Å². The molecule has 112 valence electrons. The first-order chi connectivity index (χ1) is 10.0. The summed E-state index contributed by atoms with van der Waals surface area (Å²) >= 11 is 0. The molecule has 1 N–H and O–H groups in total. The van der Waals surface area contributed by atoms with Gasteiger partial charge in [-0.2, -0.15) is 0 Å². The van der Waals surface area contributed by atoms with Crippen LogP contribution in [0.1, 0.15) is 32.0 Å². The lowest BCUT2D eigenvalue weighted by Crippen LogP contribution is -2.35. The van der Waals surface area contributed by atoms with Crippen molar-refractivity contribution in [3.8, 4) is 5.75 Å². The molecule has 1 aromatic carbocycles. The van der Waals surface area contributed by atoms with E-state index in [0.29, 0.717) is 6.61 Å². The maximum Gasteiger partial charge on any atom is 0.123 e. The Morgan fingerprint density at radius 2 is 1.81 bits per heavy atom. The standard InChI is InChI=1S/C18H24N2O/c1-18(2,3)20-14-15-8-4-5-10-17(15)21-13-11-16-9-6-7-12-19-16/h4-10,12,20H,11,13-14H2,1-3H3. The Labute approximate surface area is 127 Å². The van der Waals surface area contributed by atoms with E-state index in [4.69, 9.17) is 4.74 Å². The minimum absolute atomic E-state index is 0.0983. The third kappa shape index (κ3) is 5.56. The molecule has 1 heterocycles. The zero-order chi connectivity index (χ0) is 15.1. The van der Waals surface area contributed by atoms with Gasteiger partial charge in [0.25, 0.3) is 0 Å². The molecule has 0 saturated heterocycles. The van der Waals surface area contributed by atoms with E-state index in [1.807, 2.05) is 42.6 Å². The second kappa shape index (κ2) is 7.23. The molecule has 0 bridgehead atoms. The minimum atomic E-state index is 0.0983. The number of rotatable bonds is 6. The number of para-hydroxylation sites is 1. The van der Waals surface area contributed by atoms with Crippen LogP contribution < -0.4 is 10.1 Å². The molecule has 0 atom stereocenters. The molecule has 0 radical (unpaired) electrons. The fraction of sp³-hybridized carbons (Fsp3) is 0.389. The van der Waals surface area contributed by atoms with Gasteiger partial charge in [-0.1, -0.05) is 24.3 Å². The third-order valence-corrected chi connectivity index (χ3v) is 3.12. The second-order valence-corrected chi connectivity index (χ2v) is 6.13. The topological polar surface area (TPSA) is 34.1 Å². The molecular formula is C18H24N2O. The normalized spacial score (nSPS) is 11.4. The van der Waals surface area contributed by atoms with Crippen LogP contribution in [0, 0.1) is 0 Å². The first kappa shape index (κ1) is 15.5. The number of aromatic nitrogens is 1. The summed E-state index contributed by atoms with van der Waals surface area (Å²) in [5.74, 6) is 0.949. The highest BCUT2D eigenvalue weighted by molar-refractivity contribution is 5.33. The monoisotopic (exact) mass is 284 g/mol. The Hall–Kier alpha value is -1.87. The van der Waals surface area contributed by atoms with Crippen molar-refractivity contribution in [3.05, 3.63) is 59.9 Å². The van der Waals surface area contributed by atoms with Crippen molar-refractivity contribution in [2.24, 2.45) is 0 Å². The van der Waals surface area contributed by atoms with Crippen LogP contribution in [0.25, 0.3) is 0 Å². The van der Waals surface area contributed by atoms with Crippen LogP contribution in [-0.2, 0) is 13.0 Å². The Bertz CT molecular complexity index is 547. The summed E-state index contributed by atoms with van der Waals surface area (Å²) in [5, 5.41) is 3.49. The lowest BCUT2D eigenvalue weighted by atomic mass is 10.1. The highest BCUT2D eigenvalue weighted by atomic mass is 16.5. The molecule has 2 rings (SSSR count). The van der Waals surface area contributed by atoms with Gasteiger partial charge in [0.15, 0.2) is 0 Å². The van der Waals surface area contributed by atoms with Crippen LogP contribution in [0.4, 0.5) is 0 Å². The van der Waals surface area contributed by atoms with Crippen LogP contribution in [0.2, 0.25) is 0 Å². The summed E-state index contributed by atoms with van der Waals surface area (Å²) in [6.07, 6.45) is 2.64. The van der Waals surface area contributed by atoms with Crippen molar-refractivity contribution in [3.63, 3.8) is 0 Å². The van der Waals surface area contributed by atoms with Gasteiger partial charge in [0.1, 0.15) is 5.75 Å². The fourth-order valence-corrected chi connectivity index (χ4v) is 1.96. The van der Waals surface area contributed by atoms with Gasteiger partial charge in [-0.25, -0.2) is 0 Å². The molecule has 0 fully saturated rings. The van der Waals surface area contributed by atoms with Gasteiger partial charge in [0.2, 0.25) is 0 Å². The summed E-state index contributed by atoms with van der Waals surface area (Å²) in [5.41, 5.74) is 2.34. The third-order valence-electron chi connectivity index (χ3n) is 3.12. The van der Waals surface area contributed by atoms with Crippen molar-refractivity contribution in [2.45, 2.75) is 39.3 Å².